The van der Waals surface area contributed by atoms with Crippen molar-refractivity contribution in [2.45, 2.75) is 83.0 Å². The molecule has 1 fully saturated rings. The summed E-state index contributed by atoms with van der Waals surface area (Å²) in [5, 5.41) is 8.99. The Hall–Kier alpha value is -2.57. The van der Waals surface area contributed by atoms with Crippen LogP contribution in [0.15, 0.2) is 48.6 Å². The van der Waals surface area contributed by atoms with Crippen molar-refractivity contribution in [3.05, 3.63) is 71.3 Å². The van der Waals surface area contributed by atoms with Gasteiger partial charge in [0.2, 0.25) is 0 Å². The first-order chi connectivity index (χ1) is 18.9. The van der Waals surface area contributed by atoms with Gasteiger partial charge < -0.3 is 14.6 Å². The summed E-state index contributed by atoms with van der Waals surface area (Å²) in [5.74, 6) is -0.551. The van der Waals surface area contributed by atoms with E-state index < -0.39 is 18.4 Å². The van der Waals surface area contributed by atoms with Gasteiger partial charge in [-0.25, -0.2) is 13.6 Å². The van der Waals surface area contributed by atoms with Crippen molar-refractivity contribution in [3.8, 4) is 11.1 Å². The zero-order valence-corrected chi connectivity index (χ0v) is 23.5. The Kier molecular flexibility index (Phi) is 12.6. The maximum atomic E-state index is 15.2. The van der Waals surface area contributed by atoms with Gasteiger partial charge in [-0.15, -0.1) is 0 Å². The molecular formula is C33H44F2O4. The van der Waals surface area contributed by atoms with E-state index in [1.807, 2.05) is 18.2 Å². The predicted molar refractivity (Wildman–Crippen MR) is 152 cm³/mol. The second-order valence-electron chi connectivity index (χ2n) is 10.9. The molecule has 0 bridgehead atoms. The van der Waals surface area contributed by atoms with Crippen LogP contribution in [0.4, 0.5) is 8.78 Å². The third-order valence-corrected chi connectivity index (χ3v) is 8.08. The van der Waals surface area contributed by atoms with Crippen LogP contribution in [-0.4, -0.2) is 38.0 Å². The fraction of sp³-hybridized carbons (Fsp3) is 0.545. The van der Waals surface area contributed by atoms with Crippen LogP contribution in [0, 0.1) is 17.6 Å². The van der Waals surface area contributed by atoms with Crippen molar-refractivity contribution in [1.82, 2.24) is 0 Å². The minimum Gasteiger partial charge on any atom is -0.462 e. The molecule has 3 rings (SSSR count). The van der Waals surface area contributed by atoms with E-state index in [-0.39, 0.29) is 29.8 Å². The van der Waals surface area contributed by atoms with E-state index in [1.165, 1.54) is 44.2 Å². The number of benzene rings is 2. The molecule has 214 valence electrons. The molecule has 39 heavy (non-hydrogen) atoms. The van der Waals surface area contributed by atoms with Crippen LogP contribution in [0.25, 0.3) is 11.1 Å². The van der Waals surface area contributed by atoms with E-state index in [0.717, 1.165) is 37.2 Å². The minimum absolute atomic E-state index is 0.0163. The molecule has 6 heteroatoms. The van der Waals surface area contributed by atoms with Gasteiger partial charge in [0.25, 0.3) is 0 Å². The van der Waals surface area contributed by atoms with Gasteiger partial charge in [-0.1, -0.05) is 69.9 Å². The fourth-order valence-corrected chi connectivity index (χ4v) is 5.67. The maximum absolute atomic E-state index is 15.2. The number of esters is 1. The Morgan fingerprint density at radius 3 is 2.46 bits per heavy atom. The van der Waals surface area contributed by atoms with Crippen molar-refractivity contribution in [2.75, 3.05) is 26.9 Å². The van der Waals surface area contributed by atoms with E-state index in [1.54, 1.807) is 13.2 Å². The molecule has 1 atom stereocenters. The molecule has 4 nitrogen and oxygen atoms in total. The highest BCUT2D eigenvalue weighted by Gasteiger charge is 2.25. The molecule has 1 saturated carbocycles. The van der Waals surface area contributed by atoms with Crippen LogP contribution in [0.3, 0.4) is 0 Å². The number of hydrogen-bond donors (Lipinski definition) is 1. The van der Waals surface area contributed by atoms with Gasteiger partial charge >= 0.3 is 5.97 Å². The highest BCUT2D eigenvalue weighted by atomic mass is 19.1. The molecule has 0 aromatic heterocycles. The molecule has 1 unspecified atom stereocenters. The van der Waals surface area contributed by atoms with Crippen LogP contribution in [0.2, 0.25) is 0 Å². The van der Waals surface area contributed by atoms with Crippen molar-refractivity contribution in [2.24, 2.45) is 5.92 Å². The Labute approximate surface area is 232 Å². The lowest BCUT2D eigenvalue weighted by molar-refractivity contribution is -0.139. The molecule has 0 saturated heterocycles. The largest absolute Gasteiger partial charge is 0.462 e. The molecule has 2 aromatic rings. The third kappa shape index (κ3) is 8.97. The summed E-state index contributed by atoms with van der Waals surface area (Å²) in [6.07, 6.45) is 11.2. The van der Waals surface area contributed by atoms with Crippen molar-refractivity contribution < 1.29 is 28.2 Å². The summed E-state index contributed by atoms with van der Waals surface area (Å²) in [7, 11) is 1.56. The maximum Gasteiger partial charge on any atom is 0.335 e. The number of halogens is 2. The monoisotopic (exact) mass is 542 g/mol. The second-order valence-corrected chi connectivity index (χ2v) is 10.9. The first kappa shape index (κ1) is 31.0. The number of methoxy groups -OCH3 is 1. The van der Waals surface area contributed by atoms with E-state index in [9.17, 15) is 4.79 Å². The predicted octanol–water partition coefficient (Wildman–Crippen LogP) is 8.09. The minimum atomic E-state index is -0.656. The average molecular weight is 543 g/mol. The molecule has 1 aliphatic rings. The summed E-state index contributed by atoms with van der Waals surface area (Å²) in [6.45, 7) is 5.62. The Morgan fingerprint density at radius 2 is 1.82 bits per heavy atom. The molecule has 0 aliphatic heterocycles. The molecular weight excluding hydrogens is 498 g/mol. The van der Waals surface area contributed by atoms with E-state index in [2.05, 4.69) is 13.5 Å². The number of carbonyl (C=O) groups excluding carboxylic acids is 1. The molecule has 0 heterocycles. The zero-order chi connectivity index (χ0) is 28.2. The lowest BCUT2D eigenvalue weighted by Gasteiger charge is -2.29. The quantitative estimate of drug-likeness (QED) is 0.140. The Balaban J connectivity index is 1.62. The van der Waals surface area contributed by atoms with Gasteiger partial charge in [0.1, 0.15) is 11.6 Å². The van der Waals surface area contributed by atoms with Gasteiger partial charge in [0.05, 0.1) is 25.4 Å². The van der Waals surface area contributed by atoms with Crippen LogP contribution in [0.1, 0.15) is 94.1 Å². The lowest BCUT2D eigenvalue weighted by Crippen LogP contribution is -2.15. The van der Waals surface area contributed by atoms with Gasteiger partial charge in [0.15, 0.2) is 0 Å². The third-order valence-electron chi connectivity index (χ3n) is 8.08. The van der Waals surface area contributed by atoms with Crippen LogP contribution < -0.4 is 0 Å². The standard InChI is InChI=1S/C33H44F2O4/c1-4-5-6-7-8-24-9-11-25(12-10-24)29-16-14-27(20-32(29)35)30-15-13-26(19-31(30)34)28(22-38-3)17-18-39-33(37)23(2)21-36/h13-16,19-20,24-25,28,36H,2,4-12,17-18,21-22H2,1,3H3. The summed E-state index contributed by atoms with van der Waals surface area (Å²) < 4.78 is 40.9. The van der Waals surface area contributed by atoms with Crippen molar-refractivity contribution in [1.29, 1.82) is 0 Å². The summed E-state index contributed by atoms with van der Waals surface area (Å²) in [5.41, 5.74) is 2.31. The Bertz CT molecular complexity index is 1080. The average Bonchev–Trinajstić information content (AvgIpc) is 2.94. The fourth-order valence-electron chi connectivity index (χ4n) is 5.67. The first-order valence-corrected chi connectivity index (χ1v) is 14.4. The summed E-state index contributed by atoms with van der Waals surface area (Å²) in [4.78, 5) is 11.7. The smallest absolute Gasteiger partial charge is 0.335 e. The highest BCUT2D eigenvalue weighted by Crippen LogP contribution is 2.39. The van der Waals surface area contributed by atoms with E-state index >= 15 is 8.78 Å². The first-order valence-electron chi connectivity index (χ1n) is 14.4. The van der Waals surface area contributed by atoms with E-state index in [4.69, 9.17) is 14.6 Å². The second kappa shape index (κ2) is 15.9. The van der Waals surface area contributed by atoms with Gasteiger partial charge in [-0.05, 0) is 72.8 Å². The Morgan fingerprint density at radius 1 is 1.05 bits per heavy atom. The molecule has 1 aliphatic carbocycles. The van der Waals surface area contributed by atoms with Gasteiger partial charge in [0, 0.05) is 18.6 Å². The number of rotatable bonds is 15. The molecule has 0 amide bonds. The number of carbonyl (C=O) groups is 1. The molecule has 0 spiro atoms. The van der Waals surface area contributed by atoms with Crippen LogP contribution in [0.5, 0.6) is 0 Å². The topological polar surface area (TPSA) is 55.8 Å². The SMILES string of the molecule is C=C(CO)C(=O)OCCC(COC)c1ccc(-c2ccc(C3CCC(CCCCCC)CC3)c(F)c2)c(F)c1. The lowest BCUT2D eigenvalue weighted by atomic mass is 9.76. The van der Waals surface area contributed by atoms with Gasteiger partial charge in [-0.3, -0.25) is 0 Å². The number of aliphatic hydroxyl groups excluding tert-OH is 1. The number of unbranched alkanes of at least 4 members (excludes halogenated alkanes) is 3. The summed E-state index contributed by atoms with van der Waals surface area (Å²) in [6, 6.07) is 10.1. The van der Waals surface area contributed by atoms with E-state index in [0.29, 0.717) is 29.7 Å². The van der Waals surface area contributed by atoms with Crippen LogP contribution in [-0.2, 0) is 14.3 Å². The van der Waals surface area contributed by atoms with Crippen LogP contribution >= 0.6 is 0 Å². The molecule has 2 aromatic carbocycles. The van der Waals surface area contributed by atoms with Crippen molar-refractivity contribution in [3.63, 3.8) is 0 Å². The normalized spacial score (nSPS) is 18.1. The zero-order valence-electron chi connectivity index (χ0n) is 23.5. The highest BCUT2D eigenvalue weighted by molar-refractivity contribution is 5.87. The number of ether oxygens (including phenoxy) is 2. The summed E-state index contributed by atoms with van der Waals surface area (Å²) >= 11 is 0. The number of hydrogen-bond acceptors (Lipinski definition) is 4. The van der Waals surface area contributed by atoms with Gasteiger partial charge in [-0.2, -0.15) is 0 Å². The van der Waals surface area contributed by atoms with Crippen molar-refractivity contribution >= 4 is 5.97 Å². The molecule has 0 radical (unpaired) electrons. The molecule has 1 N–H and O–H groups in total. The number of aliphatic hydroxyl groups is 1.